The normalized spacial score (nSPS) is 12.2. The van der Waals surface area contributed by atoms with Crippen LogP contribution in [0.4, 0.5) is 0 Å². The standard InChI is InChI=1S/C13H17ClO2/c1-3-11(13(15)16-4-2)8-10-6-5-7-12(14)9-10/h5-7,9,11H,3-4,8H2,1-2H3. The molecule has 0 fully saturated rings. The molecule has 0 N–H and O–H groups in total. The molecule has 1 unspecified atom stereocenters. The van der Waals surface area contributed by atoms with Crippen LogP contribution in [0.1, 0.15) is 25.8 Å². The zero-order valence-corrected chi connectivity index (χ0v) is 10.5. The van der Waals surface area contributed by atoms with Gasteiger partial charge in [-0.05, 0) is 37.5 Å². The fourth-order valence-corrected chi connectivity index (χ4v) is 1.82. The Balaban J connectivity index is 2.66. The smallest absolute Gasteiger partial charge is 0.309 e. The van der Waals surface area contributed by atoms with Gasteiger partial charge in [0.1, 0.15) is 0 Å². The topological polar surface area (TPSA) is 26.3 Å². The first-order chi connectivity index (χ1) is 7.67. The van der Waals surface area contributed by atoms with Crippen LogP contribution in [-0.4, -0.2) is 12.6 Å². The van der Waals surface area contributed by atoms with Gasteiger partial charge < -0.3 is 4.74 Å². The van der Waals surface area contributed by atoms with Gasteiger partial charge in [0.15, 0.2) is 0 Å². The zero-order chi connectivity index (χ0) is 12.0. The van der Waals surface area contributed by atoms with E-state index >= 15 is 0 Å². The molecule has 0 heterocycles. The van der Waals surface area contributed by atoms with Crippen LogP contribution in [-0.2, 0) is 16.0 Å². The molecule has 0 aliphatic rings. The Hall–Kier alpha value is -1.02. The second kappa shape index (κ2) is 6.54. The van der Waals surface area contributed by atoms with Crippen molar-refractivity contribution >= 4 is 17.6 Å². The molecule has 0 spiro atoms. The van der Waals surface area contributed by atoms with Crippen LogP contribution in [0.3, 0.4) is 0 Å². The molecule has 3 heteroatoms. The molecule has 0 amide bonds. The van der Waals surface area contributed by atoms with Gasteiger partial charge in [0.25, 0.3) is 0 Å². The summed E-state index contributed by atoms with van der Waals surface area (Å²) in [6.45, 7) is 4.25. The van der Waals surface area contributed by atoms with Crippen molar-refractivity contribution in [2.45, 2.75) is 26.7 Å². The number of esters is 1. The molecule has 1 rings (SSSR count). The van der Waals surface area contributed by atoms with E-state index in [0.29, 0.717) is 18.1 Å². The molecule has 0 bridgehead atoms. The lowest BCUT2D eigenvalue weighted by Gasteiger charge is -2.13. The number of carbonyl (C=O) groups excluding carboxylic acids is 1. The highest BCUT2D eigenvalue weighted by atomic mass is 35.5. The summed E-state index contributed by atoms with van der Waals surface area (Å²) in [6.07, 6.45) is 1.47. The third-order valence-corrected chi connectivity index (χ3v) is 2.72. The van der Waals surface area contributed by atoms with E-state index in [2.05, 4.69) is 0 Å². The molecule has 88 valence electrons. The molecule has 2 nitrogen and oxygen atoms in total. The first-order valence-corrected chi connectivity index (χ1v) is 5.96. The minimum Gasteiger partial charge on any atom is -0.466 e. The molecular formula is C13H17ClO2. The van der Waals surface area contributed by atoms with Gasteiger partial charge in [0.05, 0.1) is 12.5 Å². The predicted molar refractivity (Wildman–Crippen MR) is 65.6 cm³/mol. The van der Waals surface area contributed by atoms with Gasteiger partial charge >= 0.3 is 5.97 Å². The lowest BCUT2D eigenvalue weighted by atomic mass is 9.97. The Morgan fingerprint density at radius 1 is 1.44 bits per heavy atom. The van der Waals surface area contributed by atoms with Crippen LogP contribution in [0.2, 0.25) is 5.02 Å². The van der Waals surface area contributed by atoms with Crippen molar-refractivity contribution in [2.24, 2.45) is 5.92 Å². The molecule has 16 heavy (non-hydrogen) atoms. The first-order valence-electron chi connectivity index (χ1n) is 5.58. The average Bonchev–Trinajstić information content (AvgIpc) is 2.26. The highest BCUT2D eigenvalue weighted by Crippen LogP contribution is 2.17. The van der Waals surface area contributed by atoms with E-state index in [1.54, 1.807) is 0 Å². The van der Waals surface area contributed by atoms with Crippen LogP contribution >= 0.6 is 11.6 Å². The molecular weight excluding hydrogens is 224 g/mol. The van der Waals surface area contributed by atoms with Crippen LogP contribution in [0.25, 0.3) is 0 Å². The van der Waals surface area contributed by atoms with Crippen molar-refractivity contribution in [1.82, 2.24) is 0 Å². The van der Waals surface area contributed by atoms with E-state index in [1.165, 1.54) is 0 Å². The Morgan fingerprint density at radius 2 is 2.19 bits per heavy atom. The Labute approximate surface area is 102 Å². The molecule has 0 radical (unpaired) electrons. The Morgan fingerprint density at radius 3 is 2.75 bits per heavy atom. The van der Waals surface area contributed by atoms with Crippen molar-refractivity contribution in [2.75, 3.05) is 6.61 Å². The van der Waals surface area contributed by atoms with Crippen molar-refractivity contribution in [3.05, 3.63) is 34.9 Å². The van der Waals surface area contributed by atoms with Gasteiger partial charge in [-0.1, -0.05) is 30.7 Å². The van der Waals surface area contributed by atoms with Gasteiger partial charge in [-0.15, -0.1) is 0 Å². The summed E-state index contributed by atoms with van der Waals surface area (Å²) in [5.74, 6) is -0.191. The van der Waals surface area contributed by atoms with E-state index in [9.17, 15) is 4.79 Å². The average molecular weight is 241 g/mol. The molecule has 1 aromatic rings. The van der Waals surface area contributed by atoms with Crippen molar-refractivity contribution in [1.29, 1.82) is 0 Å². The van der Waals surface area contributed by atoms with Crippen LogP contribution < -0.4 is 0 Å². The van der Waals surface area contributed by atoms with E-state index in [4.69, 9.17) is 16.3 Å². The summed E-state index contributed by atoms with van der Waals surface area (Å²) in [5, 5.41) is 0.705. The third kappa shape index (κ3) is 3.86. The molecule has 0 aliphatic carbocycles. The van der Waals surface area contributed by atoms with Gasteiger partial charge in [0, 0.05) is 5.02 Å². The Bertz CT molecular complexity index is 350. The quantitative estimate of drug-likeness (QED) is 0.737. The molecule has 0 aliphatic heterocycles. The number of carbonyl (C=O) groups is 1. The van der Waals surface area contributed by atoms with Crippen LogP contribution in [0.15, 0.2) is 24.3 Å². The lowest BCUT2D eigenvalue weighted by molar-refractivity contribution is -0.148. The lowest BCUT2D eigenvalue weighted by Crippen LogP contribution is -2.19. The number of ether oxygens (including phenoxy) is 1. The number of hydrogen-bond acceptors (Lipinski definition) is 2. The molecule has 1 atom stereocenters. The minimum atomic E-state index is -0.120. The van der Waals surface area contributed by atoms with Gasteiger partial charge in [0.2, 0.25) is 0 Å². The minimum absolute atomic E-state index is 0.0709. The zero-order valence-electron chi connectivity index (χ0n) is 9.70. The van der Waals surface area contributed by atoms with E-state index in [0.717, 1.165) is 12.0 Å². The molecule has 1 aromatic carbocycles. The fourth-order valence-electron chi connectivity index (χ4n) is 1.60. The number of benzene rings is 1. The van der Waals surface area contributed by atoms with E-state index < -0.39 is 0 Å². The van der Waals surface area contributed by atoms with E-state index in [-0.39, 0.29) is 11.9 Å². The Kier molecular flexibility index (Phi) is 5.33. The first kappa shape index (κ1) is 13.0. The summed E-state index contributed by atoms with van der Waals surface area (Å²) >= 11 is 5.90. The SMILES string of the molecule is CCOC(=O)C(CC)Cc1cccc(Cl)c1. The maximum Gasteiger partial charge on any atom is 0.309 e. The number of halogens is 1. The largest absolute Gasteiger partial charge is 0.466 e. The van der Waals surface area contributed by atoms with Crippen molar-refractivity contribution in [3.8, 4) is 0 Å². The molecule has 0 saturated carbocycles. The highest BCUT2D eigenvalue weighted by Gasteiger charge is 2.17. The number of hydrogen-bond donors (Lipinski definition) is 0. The highest BCUT2D eigenvalue weighted by molar-refractivity contribution is 6.30. The molecule has 0 aromatic heterocycles. The van der Waals surface area contributed by atoms with E-state index in [1.807, 2.05) is 38.1 Å². The monoisotopic (exact) mass is 240 g/mol. The molecule has 0 saturated heterocycles. The fraction of sp³-hybridized carbons (Fsp3) is 0.462. The summed E-state index contributed by atoms with van der Waals surface area (Å²) in [7, 11) is 0. The van der Waals surface area contributed by atoms with Crippen molar-refractivity contribution in [3.63, 3.8) is 0 Å². The van der Waals surface area contributed by atoms with Crippen molar-refractivity contribution < 1.29 is 9.53 Å². The van der Waals surface area contributed by atoms with Gasteiger partial charge in [-0.25, -0.2) is 0 Å². The predicted octanol–water partition coefficient (Wildman–Crippen LogP) is 3.47. The third-order valence-electron chi connectivity index (χ3n) is 2.48. The maximum absolute atomic E-state index is 11.6. The summed E-state index contributed by atoms with van der Waals surface area (Å²) in [4.78, 5) is 11.6. The summed E-state index contributed by atoms with van der Waals surface area (Å²) < 4.78 is 5.03. The van der Waals surface area contributed by atoms with Crippen LogP contribution in [0.5, 0.6) is 0 Å². The maximum atomic E-state index is 11.6. The second-order valence-corrected chi connectivity index (χ2v) is 4.13. The van der Waals surface area contributed by atoms with Gasteiger partial charge in [-0.2, -0.15) is 0 Å². The van der Waals surface area contributed by atoms with Crippen LogP contribution in [0, 0.1) is 5.92 Å². The number of rotatable bonds is 5. The second-order valence-electron chi connectivity index (χ2n) is 3.69. The summed E-state index contributed by atoms with van der Waals surface area (Å²) in [5.41, 5.74) is 1.08. The van der Waals surface area contributed by atoms with Gasteiger partial charge in [-0.3, -0.25) is 4.79 Å². The summed E-state index contributed by atoms with van der Waals surface area (Å²) in [6, 6.07) is 7.60.